The minimum absolute atomic E-state index is 0.0691. The number of nitrogens with zero attached hydrogens (tertiary/aromatic N) is 3. The molecule has 7 nitrogen and oxygen atoms in total. The first-order valence-corrected chi connectivity index (χ1v) is 10.2. The Hall–Kier alpha value is -3.37. The van der Waals surface area contributed by atoms with Crippen LogP contribution in [0.3, 0.4) is 0 Å². The lowest BCUT2D eigenvalue weighted by atomic mass is 10.0. The maximum absolute atomic E-state index is 13.9. The van der Waals surface area contributed by atoms with Crippen LogP contribution in [0, 0.1) is 11.6 Å². The quantitative estimate of drug-likeness (QED) is 0.486. The van der Waals surface area contributed by atoms with Gasteiger partial charge in [0.15, 0.2) is 0 Å². The van der Waals surface area contributed by atoms with E-state index in [1.807, 2.05) is 0 Å². The van der Waals surface area contributed by atoms with Crippen LogP contribution in [0.25, 0.3) is 10.1 Å². The molecule has 2 amide bonds. The van der Waals surface area contributed by atoms with Gasteiger partial charge in [0.1, 0.15) is 23.9 Å². The van der Waals surface area contributed by atoms with E-state index in [4.69, 9.17) is 11.6 Å². The van der Waals surface area contributed by atoms with Crippen LogP contribution in [0.1, 0.15) is 27.8 Å². The van der Waals surface area contributed by atoms with E-state index in [-0.39, 0.29) is 23.2 Å². The van der Waals surface area contributed by atoms with Crippen LogP contribution >= 0.6 is 23.1 Å². The monoisotopic (exact) mass is 459 g/mol. The predicted octanol–water partition coefficient (Wildman–Crippen LogP) is 3.90. The summed E-state index contributed by atoms with van der Waals surface area (Å²) in [6, 6.07) is 7.09. The summed E-state index contributed by atoms with van der Waals surface area (Å²) in [4.78, 5) is 25.1. The fourth-order valence-electron chi connectivity index (χ4n) is 3.55. The fraction of sp³-hybridized carbons (Fsp3) is 0.100. The number of aromatic nitrogens is 3. The Balaban J connectivity index is 1.55. The summed E-state index contributed by atoms with van der Waals surface area (Å²) in [6.07, 6.45) is 1.39. The number of nitrogens with one attached hydrogen (secondary N) is 2. The Bertz CT molecular complexity index is 1370. The third-order valence-electron chi connectivity index (χ3n) is 4.92. The molecule has 31 heavy (non-hydrogen) atoms. The van der Waals surface area contributed by atoms with E-state index in [9.17, 15) is 18.4 Å². The van der Waals surface area contributed by atoms with Crippen LogP contribution in [0.5, 0.6) is 0 Å². The lowest BCUT2D eigenvalue weighted by molar-refractivity contribution is -0.123. The lowest BCUT2D eigenvalue weighted by Gasteiger charge is -2.27. The number of hydrogen-bond acceptors (Lipinski definition) is 5. The second-order valence-electron chi connectivity index (χ2n) is 6.89. The van der Waals surface area contributed by atoms with Crippen molar-refractivity contribution in [1.29, 1.82) is 0 Å². The molecule has 11 heteroatoms. The summed E-state index contributed by atoms with van der Waals surface area (Å²) in [5.74, 6) is -1.89. The summed E-state index contributed by atoms with van der Waals surface area (Å²) in [7, 11) is 0. The molecule has 0 radical (unpaired) electrons. The minimum Gasteiger partial charge on any atom is -0.342 e. The van der Waals surface area contributed by atoms with Gasteiger partial charge in [0.2, 0.25) is 5.91 Å². The molecule has 2 N–H and O–H groups in total. The highest BCUT2D eigenvalue weighted by atomic mass is 35.5. The van der Waals surface area contributed by atoms with E-state index < -0.39 is 23.6 Å². The number of carbonyl (C=O) groups is 2. The topological polar surface area (TPSA) is 88.9 Å². The number of anilines is 1. The highest BCUT2D eigenvalue weighted by molar-refractivity contribution is 7.13. The SMILES string of the molecule is O=C1Cn2ncc(NC(=O)c3nsc4ccc(F)cc34)c2C(c2cc(F)ccc2Cl)N1. The van der Waals surface area contributed by atoms with Gasteiger partial charge in [-0.15, -0.1) is 0 Å². The molecule has 0 fully saturated rings. The summed E-state index contributed by atoms with van der Waals surface area (Å²) >= 11 is 7.33. The Morgan fingerprint density at radius 1 is 1.23 bits per heavy atom. The van der Waals surface area contributed by atoms with E-state index in [2.05, 4.69) is 20.1 Å². The van der Waals surface area contributed by atoms with Crippen molar-refractivity contribution >= 4 is 50.7 Å². The van der Waals surface area contributed by atoms with Gasteiger partial charge in [-0.1, -0.05) is 11.6 Å². The maximum Gasteiger partial charge on any atom is 0.276 e. The number of halogens is 3. The van der Waals surface area contributed by atoms with E-state index in [1.54, 1.807) is 6.07 Å². The molecule has 0 saturated carbocycles. The van der Waals surface area contributed by atoms with Gasteiger partial charge in [-0.05, 0) is 47.9 Å². The molecule has 0 saturated heterocycles. The number of benzene rings is 2. The number of rotatable bonds is 3. The Morgan fingerprint density at radius 2 is 2.00 bits per heavy atom. The van der Waals surface area contributed by atoms with Gasteiger partial charge in [0.05, 0.1) is 28.3 Å². The number of fused-ring (bicyclic) bond motifs is 2. The highest BCUT2D eigenvalue weighted by Crippen LogP contribution is 2.35. The zero-order valence-corrected chi connectivity index (χ0v) is 17.1. The van der Waals surface area contributed by atoms with Gasteiger partial charge in [0.25, 0.3) is 5.91 Å². The molecule has 5 rings (SSSR count). The van der Waals surface area contributed by atoms with E-state index >= 15 is 0 Å². The standard InChI is InChI=1S/C20H12ClF2N5O2S/c21-13-3-1-9(22)5-11(13)17-19-14(7-24-28(19)8-16(29)26-17)25-20(30)18-12-6-10(23)2-4-15(12)31-27-18/h1-7,17H,8H2,(H,25,30)(H,26,29). The normalized spacial score (nSPS) is 15.6. The number of hydrogen-bond donors (Lipinski definition) is 2. The van der Waals surface area contributed by atoms with Gasteiger partial charge >= 0.3 is 0 Å². The predicted molar refractivity (Wildman–Crippen MR) is 111 cm³/mol. The molecule has 1 aliphatic rings. The van der Waals surface area contributed by atoms with Gasteiger partial charge in [-0.25, -0.2) is 8.78 Å². The van der Waals surface area contributed by atoms with E-state index in [0.29, 0.717) is 27.0 Å². The second-order valence-corrected chi connectivity index (χ2v) is 8.11. The van der Waals surface area contributed by atoms with Gasteiger partial charge in [0, 0.05) is 16.0 Å². The van der Waals surface area contributed by atoms with Crippen molar-refractivity contribution in [2.24, 2.45) is 0 Å². The summed E-state index contributed by atoms with van der Waals surface area (Å²) < 4.78 is 33.8. The van der Waals surface area contributed by atoms with Crippen LogP contribution in [-0.2, 0) is 11.3 Å². The zero-order valence-electron chi connectivity index (χ0n) is 15.5. The molecular weight excluding hydrogens is 448 g/mol. The van der Waals surface area contributed by atoms with Crippen molar-refractivity contribution in [3.05, 3.63) is 76.2 Å². The van der Waals surface area contributed by atoms with E-state index in [0.717, 1.165) is 11.5 Å². The Morgan fingerprint density at radius 3 is 2.84 bits per heavy atom. The molecule has 156 valence electrons. The van der Waals surface area contributed by atoms with Crippen molar-refractivity contribution in [2.75, 3.05) is 5.32 Å². The van der Waals surface area contributed by atoms with Crippen molar-refractivity contribution in [3.63, 3.8) is 0 Å². The third kappa shape index (κ3) is 3.43. The first-order chi connectivity index (χ1) is 14.9. The molecule has 0 spiro atoms. The average Bonchev–Trinajstić information content (AvgIpc) is 3.33. The van der Waals surface area contributed by atoms with E-state index in [1.165, 1.54) is 41.2 Å². The molecule has 3 heterocycles. The van der Waals surface area contributed by atoms with Gasteiger partial charge in [-0.3, -0.25) is 14.3 Å². The molecular formula is C20H12ClF2N5O2S. The van der Waals surface area contributed by atoms with Gasteiger partial charge < -0.3 is 10.6 Å². The van der Waals surface area contributed by atoms with Crippen molar-refractivity contribution in [1.82, 2.24) is 19.5 Å². The number of carbonyl (C=O) groups excluding carboxylic acids is 2. The molecule has 2 aromatic heterocycles. The minimum atomic E-state index is -0.827. The largest absolute Gasteiger partial charge is 0.342 e. The van der Waals surface area contributed by atoms with Crippen LogP contribution in [0.2, 0.25) is 5.02 Å². The summed E-state index contributed by atoms with van der Waals surface area (Å²) in [5.41, 5.74) is 1.13. The smallest absolute Gasteiger partial charge is 0.276 e. The lowest BCUT2D eigenvalue weighted by Crippen LogP contribution is -2.40. The molecule has 4 aromatic rings. The second kappa shape index (κ2) is 7.40. The number of amides is 2. The van der Waals surface area contributed by atoms with Crippen LogP contribution < -0.4 is 10.6 Å². The van der Waals surface area contributed by atoms with Crippen LogP contribution in [-0.4, -0.2) is 26.0 Å². The Labute approximate surface area is 182 Å². The molecule has 1 atom stereocenters. The first kappa shape index (κ1) is 19.6. The molecule has 0 aliphatic carbocycles. The molecule has 1 unspecified atom stereocenters. The Kier molecular flexibility index (Phi) is 4.67. The summed E-state index contributed by atoms with van der Waals surface area (Å²) in [5, 5.41) is 10.3. The highest BCUT2D eigenvalue weighted by Gasteiger charge is 2.32. The first-order valence-electron chi connectivity index (χ1n) is 9.07. The molecule has 0 bridgehead atoms. The van der Waals surface area contributed by atoms with Crippen molar-refractivity contribution in [3.8, 4) is 0 Å². The summed E-state index contributed by atoms with van der Waals surface area (Å²) in [6.45, 7) is -0.0700. The zero-order chi connectivity index (χ0) is 21.7. The third-order valence-corrected chi connectivity index (χ3v) is 6.09. The van der Waals surface area contributed by atoms with Crippen molar-refractivity contribution < 1.29 is 18.4 Å². The maximum atomic E-state index is 13.9. The molecule has 2 aromatic carbocycles. The fourth-order valence-corrected chi connectivity index (χ4v) is 4.53. The van der Waals surface area contributed by atoms with Crippen molar-refractivity contribution in [2.45, 2.75) is 12.6 Å². The van der Waals surface area contributed by atoms with Gasteiger partial charge in [-0.2, -0.15) is 9.47 Å². The van der Waals surface area contributed by atoms with Crippen LogP contribution in [0.15, 0.2) is 42.6 Å². The molecule has 1 aliphatic heterocycles. The van der Waals surface area contributed by atoms with Crippen LogP contribution in [0.4, 0.5) is 14.5 Å². The average molecular weight is 460 g/mol.